The lowest BCUT2D eigenvalue weighted by Crippen LogP contribution is -2.41. The van der Waals surface area contributed by atoms with E-state index in [9.17, 15) is 0 Å². The van der Waals surface area contributed by atoms with Crippen LogP contribution in [0.4, 0.5) is 0 Å². The van der Waals surface area contributed by atoms with Crippen LogP contribution >= 0.6 is 0 Å². The van der Waals surface area contributed by atoms with E-state index in [0.717, 1.165) is 0 Å². The third-order valence-electron chi connectivity index (χ3n) is 11.1. The number of hydrogen-bond donors (Lipinski definition) is 1. The van der Waals surface area contributed by atoms with E-state index in [2.05, 4.69) is 49.6 Å². The molecule has 0 saturated carbocycles. The topological polar surface area (TPSA) is 19.7 Å². The number of aromatic amines is 1. The second-order valence-electron chi connectivity index (χ2n) is 15.8. The Morgan fingerprint density at radius 1 is 0.404 bits per heavy atom. The van der Waals surface area contributed by atoms with Crippen LogP contribution in [0, 0.1) is 0 Å². The van der Waals surface area contributed by atoms with Crippen LogP contribution in [0.2, 0.25) is 0 Å². The lowest BCUT2D eigenvalue weighted by atomic mass is 9.92. The normalized spacial score (nSPS) is 13.0. The summed E-state index contributed by atoms with van der Waals surface area (Å²) >= 11 is 0. The average molecular weight is 658 g/mol. The maximum Gasteiger partial charge on any atom is 0.257 e. The fraction of sp³-hybridized carbons (Fsp3) is 0.933. The summed E-state index contributed by atoms with van der Waals surface area (Å²) in [6.07, 6.45) is 56.1. The first kappa shape index (κ1) is 44.2. The molecular formula is C45H89N2+. The molecule has 0 aromatic carbocycles. The summed E-state index contributed by atoms with van der Waals surface area (Å²) in [5.74, 6) is 2.25. The molecule has 1 N–H and O–H groups in total. The molecule has 1 aromatic heterocycles. The lowest BCUT2D eigenvalue weighted by Gasteiger charge is -2.17. The lowest BCUT2D eigenvalue weighted by molar-refractivity contribution is -0.727. The minimum Gasteiger partial charge on any atom is -0.247 e. The Kier molecular flexibility index (Phi) is 33.0. The van der Waals surface area contributed by atoms with Gasteiger partial charge in [0.25, 0.3) is 5.82 Å². The van der Waals surface area contributed by atoms with Crippen LogP contribution in [-0.4, -0.2) is 4.98 Å². The summed E-state index contributed by atoms with van der Waals surface area (Å²) < 4.78 is 2.65. The molecule has 0 aliphatic heterocycles. The summed E-state index contributed by atoms with van der Waals surface area (Å²) in [4.78, 5) is 3.77. The number of nitrogens with one attached hydrogen (secondary N) is 1. The van der Waals surface area contributed by atoms with Crippen molar-refractivity contribution < 1.29 is 4.57 Å². The molecule has 278 valence electrons. The quantitative estimate of drug-likeness (QED) is 0.0539. The summed E-state index contributed by atoms with van der Waals surface area (Å²) in [6, 6.07) is 0.618. The molecule has 1 heterocycles. The van der Waals surface area contributed by atoms with Gasteiger partial charge in [-0.15, -0.1) is 0 Å². The zero-order valence-corrected chi connectivity index (χ0v) is 33.2. The predicted molar refractivity (Wildman–Crippen MR) is 212 cm³/mol. The monoisotopic (exact) mass is 658 g/mol. The molecule has 0 aliphatic rings. The first-order valence-corrected chi connectivity index (χ1v) is 22.3. The molecule has 0 fully saturated rings. The largest absolute Gasteiger partial charge is 0.257 e. The molecule has 1 rings (SSSR count). The molecule has 0 saturated heterocycles. The van der Waals surface area contributed by atoms with Gasteiger partial charge in [-0.3, -0.25) is 0 Å². The van der Waals surface area contributed by atoms with Gasteiger partial charge in [0.15, 0.2) is 0 Å². The highest BCUT2D eigenvalue weighted by Gasteiger charge is 2.25. The first-order valence-electron chi connectivity index (χ1n) is 22.3. The van der Waals surface area contributed by atoms with Gasteiger partial charge in [-0.25, -0.2) is 9.55 Å². The third kappa shape index (κ3) is 26.7. The molecule has 0 spiro atoms. The van der Waals surface area contributed by atoms with Crippen molar-refractivity contribution in [1.29, 1.82) is 0 Å². The number of H-pyrrole nitrogens is 1. The van der Waals surface area contributed by atoms with E-state index >= 15 is 0 Å². The second kappa shape index (κ2) is 35.1. The Hall–Kier alpha value is -0.790. The minimum absolute atomic E-state index is 0.618. The van der Waals surface area contributed by atoms with Crippen LogP contribution in [0.25, 0.3) is 0 Å². The smallest absolute Gasteiger partial charge is 0.247 e. The van der Waals surface area contributed by atoms with Gasteiger partial charge >= 0.3 is 0 Å². The Bertz CT molecular complexity index is 723. The Balaban J connectivity index is 2.37. The predicted octanol–water partition coefficient (Wildman–Crippen LogP) is 16.1. The number of aromatic nitrogens is 2. The summed E-state index contributed by atoms with van der Waals surface area (Å²) in [5.41, 5.74) is 0. The van der Waals surface area contributed by atoms with Gasteiger partial charge in [-0.05, 0) is 32.6 Å². The number of imidazole rings is 1. The zero-order chi connectivity index (χ0) is 33.9. The molecule has 2 heteroatoms. The van der Waals surface area contributed by atoms with Crippen LogP contribution in [0.15, 0.2) is 12.4 Å². The zero-order valence-electron chi connectivity index (χ0n) is 33.2. The van der Waals surface area contributed by atoms with Crippen molar-refractivity contribution in [3.63, 3.8) is 0 Å². The molecule has 0 aliphatic carbocycles. The molecule has 0 radical (unpaired) electrons. The van der Waals surface area contributed by atoms with Crippen molar-refractivity contribution in [2.75, 3.05) is 0 Å². The molecule has 2 atom stereocenters. The number of hydrogen-bond acceptors (Lipinski definition) is 0. The van der Waals surface area contributed by atoms with Crippen molar-refractivity contribution in [3.05, 3.63) is 18.2 Å². The minimum atomic E-state index is 0.618. The molecule has 2 unspecified atom stereocenters. The van der Waals surface area contributed by atoms with Crippen LogP contribution < -0.4 is 4.57 Å². The van der Waals surface area contributed by atoms with Gasteiger partial charge in [0.2, 0.25) is 0 Å². The fourth-order valence-corrected chi connectivity index (χ4v) is 7.84. The summed E-state index contributed by atoms with van der Waals surface area (Å²) in [5, 5.41) is 0. The van der Waals surface area contributed by atoms with Crippen LogP contribution in [-0.2, 0) is 0 Å². The van der Waals surface area contributed by atoms with Crippen molar-refractivity contribution in [1.82, 2.24) is 4.98 Å². The first-order chi connectivity index (χ1) is 23.2. The molecular weight excluding hydrogens is 569 g/mol. The van der Waals surface area contributed by atoms with Crippen molar-refractivity contribution in [2.24, 2.45) is 0 Å². The van der Waals surface area contributed by atoms with E-state index in [1.807, 2.05) is 0 Å². The van der Waals surface area contributed by atoms with E-state index in [0.29, 0.717) is 12.0 Å². The van der Waals surface area contributed by atoms with Gasteiger partial charge in [0.1, 0.15) is 12.4 Å². The van der Waals surface area contributed by atoms with Gasteiger partial charge in [-0.2, -0.15) is 0 Å². The van der Waals surface area contributed by atoms with Gasteiger partial charge in [0, 0.05) is 0 Å². The highest BCUT2D eigenvalue weighted by Crippen LogP contribution is 2.27. The second-order valence-corrected chi connectivity index (χ2v) is 15.8. The summed E-state index contributed by atoms with van der Waals surface area (Å²) in [6.45, 7) is 9.43. The fourth-order valence-electron chi connectivity index (χ4n) is 7.84. The van der Waals surface area contributed by atoms with Crippen LogP contribution in [0.3, 0.4) is 0 Å². The maximum absolute atomic E-state index is 3.77. The van der Waals surface area contributed by atoms with E-state index in [4.69, 9.17) is 0 Å². The SMILES string of the molecule is CCCCCCCCCCCCCCCC(C)[n+]1cc[nH]c1C(CCCCCCCCCCC)CCCCCCCCCCCCC. The molecule has 47 heavy (non-hydrogen) atoms. The Morgan fingerprint density at radius 3 is 1.00 bits per heavy atom. The number of rotatable bonds is 38. The van der Waals surface area contributed by atoms with E-state index in [-0.39, 0.29) is 0 Å². The number of nitrogens with zero attached hydrogens (tertiary/aromatic N) is 1. The van der Waals surface area contributed by atoms with Crippen molar-refractivity contribution >= 4 is 0 Å². The van der Waals surface area contributed by atoms with Gasteiger partial charge in [0.05, 0.1) is 12.0 Å². The van der Waals surface area contributed by atoms with Crippen LogP contribution in [0.1, 0.15) is 277 Å². The maximum atomic E-state index is 3.77. The average Bonchev–Trinajstić information content (AvgIpc) is 3.57. The molecule has 0 amide bonds. The molecule has 1 aromatic rings. The number of unbranched alkanes of at least 4 members (excludes halogenated alkanes) is 30. The molecule has 2 nitrogen and oxygen atoms in total. The van der Waals surface area contributed by atoms with Crippen molar-refractivity contribution in [3.8, 4) is 0 Å². The molecule has 0 bridgehead atoms. The van der Waals surface area contributed by atoms with Gasteiger partial charge in [-0.1, -0.05) is 226 Å². The van der Waals surface area contributed by atoms with Crippen molar-refractivity contribution in [2.45, 2.75) is 271 Å². The summed E-state index contributed by atoms with van der Waals surface area (Å²) in [7, 11) is 0. The third-order valence-corrected chi connectivity index (χ3v) is 11.1. The standard InChI is InChI=1S/C45H88N2/c1-5-8-11-14-17-20-22-23-25-27-29-32-35-38-43(4)47-42-41-46-45(47)44(39-36-33-30-26-19-16-13-10-7-3)40-37-34-31-28-24-21-18-15-12-9-6-2/h41-44H,5-40H2,1-4H3/p+1. The Labute approximate surface area is 297 Å². The highest BCUT2D eigenvalue weighted by molar-refractivity contribution is 4.90. The van der Waals surface area contributed by atoms with E-state index in [1.54, 1.807) is 5.82 Å². The van der Waals surface area contributed by atoms with Gasteiger partial charge < -0.3 is 0 Å². The highest BCUT2D eigenvalue weighted by atomic mass is 15.1. The van der Waals surface area contributed by atoms with E-state index in [1.165, 1.54) is 231 Å². The van der Waals surface area contributed by atoms with E-state index < -0.39 is 0 Å². The Morgan fingerprint density at radius 2 is 0.681 bits per heavy atom. The van der Waals surface area contributed by atoms with Crippen LogP contribution in [0.5, 0.6) is 0 Å².